The first-order valence-electron chi connectivity index (χ1n) is 9.15. The second kappa shape index (κ2) is 8.20. The summed E-state index contributed by atoms with van der Waals surface area (Å²) in [5.74, 6) is -1.31. The molecule has 144 valence electrons. The van der Waals surface area contributed by atoms with Crippen molar-refractivity contribution in [1.82, 2.24) is 15.5 Å². The molecule has 0 radical (unpaired) electrons. The van der Waals surface area contributed by atoms with Gasteiger partial charge in [-0.15, -0.1) is 0 Å². The molecule has 1 aromatic rings. The number of imide groups is 1. The number of carbonyl (C=O) groups is 4. The highest BCUT2D eigenvalue weighted by atomic mass is 16.5. The summed E-state index contributed by atoms with van der Waals surface area (Å²) in [6.07, 6.45) is 3.46. The van der Waals surface area contributed by atoms with Gasteiger partial charge in [0.1, 0.15) is 0 Å². The molecule has 4 amide bonds. The molecule has 0 aliphatic carbocycles. The van der Waals surface area contributed by atoms with E-state index < -0.39 is 17.8 Å². The lowest BCUT2D eigenvalue weighted by atomic mass is 10.0. The molecule has 0 bridgehead atoms. The number of nitrogens with zero attached hydrogens (tertiary/aromatic N) is 1. The normalized spacial score (nSPS) is 21.1. The van der Waals surface area contributed by atoms with Crippen LogP contribution in [0.1, 0.15) is 59.7 Å². The van der Waals surface area contributed by atoms with E-state index in [9.17, 15) is 19.2 Å². The van der Waals surface area contributed by atoms with E-state index in [0.29, 0.717) is 17.5 Å². The fraction of sp³-hybridized carbons (Fsp3) is 0.474. The standard InChI is InChI=1S/C19H23N3O5/c1-12-15(21-19(26)20-12)9-3-2-4-10-16(23)27-11-22-17(24)13-7-5-6-8-14(13)18(22)25/h5-8,12,15H,2-4,9-11H2,1H3,(H2,20,21,26)/t12-,15-/m0/s1. The highest BCUT2D eigenvalue weighted by molar-refractivity contribution is 6.21. The molecular formula is C19H23N3O5. The molecule has 0 unspecified atom stereocenters. The Hall–Kier alpha value is -2.90. The lowest BCUT2D eigenvalue weighted by Gasteiger charge is -2.14. The molecule has 1 fully saturated rings. The molecule has 0 aromatic heterocycles. The van der Waals surface area contributed by atoms with Crippen molar-refractivity contribution < 1.29 is 23.9 Å². The number of rotatable bonds is 8. The Bertz CT molecular complexity index is 728. The van der Waals surface area contributed by atoms with Crippen molar-refractivity contribution in [2.24, 2.45) is 0 Å². The maximum absolute atomic E-state index is 12.2. The summed E-state index contributed by atoms with van der Waals surface area (Å²) in [4.78, 5) is 48.4. The smallest absolute Gasteiger partial charge is 0.315 e. The second-order valence-corrected chi connectivity index (χ2v) is 6.84. The number of unbranched alkanes of at least 4 members (excludes halogenated alkanes) is 2. The van der Waals surface area contributed by atoms with E-state index >= 15 is 0 Å². The van der Waals surface area contributed by atoms with Crippen molar-refractivity contribution in [3.05, 3.63) is 35.4 Å². The number of urea groups is 1. The van der Waals surface area contributed by atoms with Crippen LogP contribution in [0.2, 0.25) is 0 Å². The van der Waals surface area contributed by atoms with Crippen LogP contribution >= 0.6 is 0 Å². The number of fused-ring (bicyclic) bond motifs is 1. The van der Waals surface area contributed by atoms with Crippen LogP contribution in [-0.2, 0) is 9.53 Å². The van der Waals surface area contributed by atoms with Gasteiger partial charge in [0.15, 0.2) is 6.73 Å². The molecule has 1 aromatic carbocycles. The fourth-order valence-corrected chi connectivity index (χ4v) is 3.34. The van der Waals surface area contributed by atoms with E-state index in [2.05, 4.69) is 10.6 Å². The molecule has 3 rings (SSSR count). The number of esters is 1. The molecule has 8 heteroatoms. The van der Waals surface area contributed by atoms with Gasteiger partial charge >= 0.3 is 12.0 Å². The molecule has 2 N–H and O–H groups in total. The maximum atomic E-state index is 12.2. The summed E-state index contributed by atoms with van der Waals surface area (Å²) in [6, 6.07) is 6.64. The van der Waals surface area contributed by atoms with Crippen molar-refractivity contribution >= 4 is 23.8 Å². The molecule has 1 saturated heterocycles. The molecule has 0 spiro atoms. The van der Waals surface area contributed by atoms with Gasteiger partial charge in [-0.25, -0.2) is 9.69 Å². The third-order valence-corrected chi connectivity index (χ3v) is 4.91. The average molecular weight is 373 g/mol. The summed E-state index contributed by atoms with van der Waals surface area (Å²) in [5.41, 5.74) is 0.669. The van der Waals surface area contributed by atoms with Gasteiger partial charge in [-0.2, -0.15) is 0 Å². The zero-order chi connectivity index (χ0) is 19.4. The monoisotopic (exact) mass is 373 g/mol. The first-order chi connectivity index (χ1) is 13.0. The minimum atomic E-state index is -0.440. The van der Waals surface area contributed by atoms with Crippen LogP contribution < -0.4 is 10.6 Å². The van der Waals surface area contributed by atoms with E-state index in [1.54, 1.807) is 24.3 Å². The number of benzene rings is 1. The summed E-state index contributed by atoms with van der Waals surface area (Å²) >= 11 is 0. The van der Waals surface area contributed by atoms with Crippen molar-refractivity contribution in [3.8, 4) is 0 Å². The predicted molar refractivity (Wildman–Crippen MR) is 95.9 cm³/mol. The molecule has 2 aliphatic rings. The largest absolute Gasteiger partial charge is 0.444 e. The molecular weight excluding hydrogens is 350 g/mol. The minimum Gasteiger partial charge on any atom is -0.444 e. The lowest BCUT2D eigenvalue weighted by Crippen LogP contribution is -2.33. The number of carbonyl (C=O) groups excluding carboxylic acids is 4. The second-order valence-electron chi connectivity index (χ2n) is 6.84. The van der Waals surface area contributed by atoms with Gasteiger partial charge in [-0.3, -0.25) is 14.4 Å². The van der Waals surface area contributed by atoms with Crippen molar-refractivity contribution in [3.63, 3.8) is 0 Å². The van der Waals surface area contributed by atoms with Gasteiger partial charge in [0.05, 0.1) is 17.2 Å². The fourth-order valence-electron chi connectivity index (χ4n) is 3.34. The van der Waals surface area contributed by atoms with Crippen LogP contribution in [-0.4, -0.2) is 47.5 Å². The maximum Gasteiger partial charge on any atom is 0.315 e. The SMILES string of the molecule is C[C@@H]1NC(=O)N[C@H]1CCCCCC(=O)OCN1C(=O)c2ccccc2C1=O. The Morgan fingerprint density at radius 3 is 2.30 bits per heavy atom. The van der Waals surface area contributed by atoms with Gasteiger partial charge in [-0.1, -0.05) is 25.0 Å². The van der Waals surface area contributed by atoms with Crippen molar-refractivity contribution in [2.75, 3.05) is 6.73 Å². The lowest BCUT2D eigenvalue weighted by molar-refractivity contribution is -0.146. The van der Waals surface area contributed by atoms with Crippen LogP contribution in [0.15, 0.2) is 24.3 Å². The van der Waals surface area contributed by atoms with Gasteiger partial charge < -0.3 is 15.4 Å². The Kier molecular flexibility index (Phi) is 5.73. The van der Waals surface area contributed by atoms with Crippen LogP contribution in [0.3, 0.4) is 0 Å². The van der Waals surface area contributed by atoms with Crippen LogP contribution in [0, 0.1) is 0 Å². The summed E-state index contributed by atoms with van der Waals surface area (Å²) in [6.45, 7) is 1.60. The third kappa shape index (κ3) is 4.27. The number of hydrogen-bond acceptors (Lipinski definition) is 5. The van der Waals surface area contributed by atoms with E-state index in [1.807, 2.05) is 6.92 Å². The molecule has 27 heavy (non-hydrogen) atoms. The molecule has 8 nitrogen and oxygen atoms in total. The van der Waals surface area contributed by atoms with Crippen molar-refractivity contribution in [1.29, 1.82) is 0 Å². The highest BCUT2D eigenvalue weighted by Crippen LogP contribution is 2.22. The Balaban J connectivity index is 1.33. The zero-order valence-corrected chi connectivity index (χ0v) is 15.2. The minimum absolute atomic E-state index is 0.113. The van der Waals surface area contributed by atoms with E-state index in [0.717, 1.165) is 24.2 Å². The van der Waals surface area contributed by atoms with E-state index in [4.69, 9.17) is 4.74 Å². The van der Waals surface area contributed by atoms with Gasteiger partial charge in [0, 0.05) is 12.5 Å². The Labute approximate surface area is 157 Å². The van der Waals surface area contributed by atoms with Gasteiger partial charge in [0.2, 0.25) is 0 Å². The summed E-state index contributed by atoms with van der Waals surface area (Å²) in [5, 5.41) is 5.66. The average Bonchev–Trinajstić information content (AvgIpc) is 3.09. The number of ether oxygens (including phenoxy) is 1. The number of amides is 4. The highest BCUT2D eigenvalue weighted by Gasteiger charge is 2.35. The number of hydrogen-bond donors (Lipinski definition) is 2. The van der Waals surface area contributed by atoms with E-state index in [1.165, 1.54) is 0 Å². The topological polar surface area (TPSA) is 105 Å². The van der Waals surface area contributed by atoms with Crippen molar-refractivity contribution in [2.45, 2.75) is 51.1 Å². The molecule has 0 saturated carbocycles. The third-order valence-electron chi connectivity index (χ3n) is 4.91. The molecule has 2 heterocycles. The summed E-state index contributed by atoms with van der Waals surface area (Å²) in [7, 11) is 0. The van der Waals surface area contributed by atoms with Gasteiger partial charge in [-0.05, 0) is 31.9 Å². The van der Waals surface area contributed by atoms with Crippen LogP contribution in [0.4, 0.5) is 4.79 Å². The molecule has 2 atom stereocenters. The predicted octanol–water partition coefficient (Wildman–Crippen LogP) is 1.80. The zero-order valence-electron chi connectivity index (χ0n) is 15.2. The Morgan fingerprint density at radius 2 is 1.70 bits per heavy atom. The van der Waals surface area contributed by atoms with Crippen LogP contribution in [0.5, 0.6) is 0 Å². The first-order valence-corrected chi connectivity index (χ1v) is 9.15. The van der Waals surface area contributed by atoms with Crippen LogP contribution in [0.25, 0.3) is 0 Å². The summed E-state index contributed by atoms with van der Waals surface area (Å²) < 4.78 is 5.09. The van der Waals surface area contributed by atoms with E-state index in [-0.39, 0.29) is 31.3 Å². The quantitative estimate of drug-likeness (QED) is 0.411. The Morgan fingerprint density at radius 1 is 1.04 bits per heavy atom. The first kappa shape index (κ1) is 18.9. The van der Waals surface area contributed by atoms with Gasteiger partial charge in [0.25, 0.3) is 11.8 Å². The molecule has 2 aliphatic heterocycles. The number of nitrogens with one attached hydrogen (secondary N) is 2.